The lowest BCUT2D eigenvalue weighted by Gasteiger charge is -2.14. The van der Waals surface area contributed by atoms with Gasteiger partial charge in [-0.3, -0.25) is 0 Å². The van der Waals surface area contributed by atoms with E-state index in [0.29, 0.717) is 6.42 Å². The smallest absolute Gasteiger partial charge is 0.328 e. The van der Waals surface area contributed by atoms with E-state index in [1.165, 1.54) is 6.08 Å². The Morgan fingerprint density at radius 2 is 1.71 bits per heavy atom. The second-order valence-corrected chi connectivity index (χ2v) is 5.61. The van der Waals surface area contributed by atoms with Crippen molar-refractivity contribution in [3.05, 3.63) is 35.5 Å². The number of aliphatic hydroxyl groups excluding tert-OH is 2. The number of carboxylic acid groups (broad SMARTS) is 1. The molecule has 0 aliphatic heterocycles. The van der Waals surface area contributed by atoms with Crippen molar-refractivity contribution in [2.45, 2.75) is 59.2 Å². The number of aliphatic carboxylic acids is 1. The van der Waals surface area contributed by atoms with Crippen LogP contribution in [0.1, 0.15) is 47.0 Å². The zero-order valence-electron chi connectivity index (χ0n) is 13.4. The van der Waals surface area contributed by atoms with Crippen LogP contribution < -0.4 is 0 Å². The number of rotatable bonds is 9. The molecule has 0 spiro atoms. The van der Waals surface area contributed by atoms with Gasteiger partial charge in [0.1, 0.15) is 0 Å². The highest BCUT2D eigenvalue weighted by molar-refractivity contribution is 5.80. The number of carbonyl (C=O) groups is 1. The molecule has 4 heteroatoms. The molecule has 0 unspecified atom stereocenters. The highest BCUT2D eigenvalue weighted by atomic mass is 16.4. The molecule has 0 aromatic carbocycles. The van der Waals surface area contributed by atoms with E-state index in [0.717, 1.165) is 30.1 Å². The third kappa shape index (κ3) is 10.0. The summed E-state index contributed by atoms with van der Waals surface area (Å²) in [7, 11) is 0. The Hall–Kier alpha value is -1.39. The molecule has 0 aromatic heterocycles. The second kappa shape index (κ2) is 10.4. The summed E-state index contributed by atoms with van der Waals surface area (Å²) in [5.41, 5.74) is 1.71. The van der Waals surface area contributed by atoms with E-state index in [-0.39, 0.29) is 12.0 Å². The molecule has 3 atom stereocenters. The van der Waals surface area contributed by atoms with Gasteiger partial charge in [-0.05, 0) is 51.5 Å². The Kier molecular flexibility index (Phi) is 9.67. The van der Waals surface area contributed by atoms with Crippen LogP contribution in [-0.4, -0.2) is 33.5 Å². The number of allylic oxidation sites excluding steroid dienone is 3. The lowest BCUT2D eigenvalue weighted by atomic mass is 9.98. The SMILES string of the molecule is CC(/C=C/C(=O)O)=C\C[C@H](O)/C(C)=C/CC[C@@H](C)[C@@H](C)O. The topological polar surface area (TPSA) is 77.8 Å². The van der Waals surface area contributed by atoms with Crippen LogP contribution in [0.3, 0.4) is 0 Å². The average Bonchev–Trinajstić information content (AvgIpc) is 2.41. The summed E-state index contributed by atoms with van der Waals surface area (Å²) in [4.78, 5) is 10.4. The molecule has 0 aliphatic carbocycles. The first-order chi connectivity index (χ1) is 9.73. The Morgan fingerprint density at radius 3 is 2.24 bits per heavy atom. The summed E-state index contributed by atoms with van der Waals surface area (Å²) in [6, 6.07) is 0. The predicted octanol–water partition coefficient (Wildman–Crippen LogP) is 3.07. The van der Waals surface area contributed by atoms with Crippen LogP contribution in [0, 0.1) is 5.92 Å². The molecule has 0 aliphatic rings. The minimum atomic E-state index is -0.980. The zero-order chi connectivity index (χ0) is 16.4. The second-order valence-electron chi connectivity index (χ2n) is 5.61. The van der Waals surface area contributed by atoms with Gasteiger partial charge >= 0.3 is 5.97 Å². The van der Waals surface area contributed by atoms with Crippen LogP contribution in [0.15, 0.2) is 35.5 Å². The summed E-state index contributed by atoms with van der Waals surface area (Å²) < 4.78 is 0. The molecule has 0 saturated heterocycles. The molecular weight excluding hydrogens is 268 g/mol. The fourth-order valence-electron chi connectivity index (χ4n) is 1.71. The molecule has 21 heavy (non-hydrogen) atoms. The summed E-state index contributed by atoms with van der Waals surface area (Å²) in [6.45, 7) is 7.48. The highest BCUT2D eigenvalue weighted by Gasteiger charge is 2.08. The number of aliphatic hydroxyl groups is 2. The average molecular weight is 296 g/mol. The van der Waals surface area contributed by atoms with Crippen molar-refractivity contribution in [2.24, 2.45) is 5.92 Å². The maximum absolute atomic E-state index is 10.4. The predicted molar refractivity (Wildman–Crippen MR) is 85.0 cm³/mol. The van der Waals surface area contributed by atoms with Gasteiger partial charge in [-0.25, -0.2) is 4.79 Å². The fraction of sp³-hybridized carbons (Fsp3) is 0.588. The number of carboxylic acids is 1. The zero-order valence-corrected chi connectivity index (χ0v) is 13.4. The quantitative estimate of drug-likeness (QED) is 0.347. The monoisotopic (exact) mass is 296 g/mol. The van der Waals surface area contributed by atoms with E-state index in [2.05, 4.69) is 0 Å². The first kappa shape index (κ1) is 19.6. The Bertz CT molecular complexity index is 405. The van der Waals surface area contributed by atoms with Gasteiger partial charge in [-0.1, -0.05) is 30.7 Å². The fourth-order valence-corrected chi connectivity index (χ4v) is 1.71. The van der Waals surface area contributed by atoms with Crippen LogP contribution in [0.4, 0.5) is 0 Å². The molecule has 3 N–H and O–H groups in total. The molecule has 4 nitrogen and oxygen atoms in total. The van der Waals surface area contributed by atoms with E-state index in [4.69, 9.17) is 5.11 Å². The summed E-state index contributed by atoms with van der Waals surface area (Å²) in [6.07, 6.45) is 7.73. The van der Waals surface area contributed by atoms with Gasteiger partial charge in [-0.15, -0.1) is 0 Å². The van der Waals surface area contributed by atoms with Crippen molar-refractivity contribution in [3.63, 3.8) is 0 Å². The van der Waals surface area contributed by atoms with E-state index in [1.807, 2.05) is 26.0 Å². The molecule has 0 radical (unpaired) electrons. The van der Waals surface area contributed by atoms with E-state index in [9.17, 15) is 15.0 Å². The summed E-state index contributed by atoms with van der Waals surface area (Å²) >= 11 is 0. The summed E-state index contributed by atoms with van der Waals surface area (Å²) in [5.74, 6) is -0.735. The third-order valence-electron chi connectivity index (χ3n) is 3.59. The Balaban J connectivity index is 4.29. The molecule has 0 bridgehead atoms. The van der Waals surface area contributed by atoms with Gasteiger partial charge in [0.25, 0.3) is 0 Å². The molecule has 0 rings (SSSR count). The van der Waals surface area contributed by atoms with Crippen LogP contribution in [0.25, 0.3) is 0 Å². The largest absolute Gasteiger partial charge is 0.478 e. The number of hydrogen-bond donors (Lipinski definition) is 3. The molecular formula is C17H28O4. The van der Waals surface area contributed by atoms with Crippen molar-refractivity contribution in [3.8, 4) is 0 Å². The van der Waals surface area contributed by atoms with E-state index >= 15 is 0 Å². The minimum Gasteiger partial charge on any atom is -0.478 e. The van der Waals surface area contributed by atoms with Crippen molar-refractivity contribution in [2.75, 3.05) is 0 Å². The van der Waals surface area contributed by atoms with Crippen LogP contribution in [0.5, 0.6) is 0 Å². The number of hydrogen-bond acceptors (Lipinski definition) is 3. The molecule has 0 amide bonds. The molecule has 120 valence electrons. The van der Waals surface area contributed by atoms with Crippen molar-refractivity contribution >= 4 is 5.97 Å². The van der Waals surface area contributed by atoms with E-state index < -0.39 is 12.1 Å². The maximum atomic E-state index is 10.4. The lowest BCUT2D eigenvalue weighted by molar-refractivity contribution is -0.131. The first-order valence-corrected chi connectivity index (χ1v) is 7.34. The third-order valence-corrected chi connectivity index (χ3v) is 3.59. The molecule has 0 saturated carbocycles. The standard InChI is InChI=1S/C17H28O4/c1-12(9-11-17(20)21)8-10-16(19)14(3)7-5-6-13(2)15(4)18/h7-9,11,13,15-16,18-19H,5-6,10H2,1-4H3,(H,20,21)/b11-9+,12-8+,14-7+/t13-,15-,16+/m1/s1. The first-order valence-electron chi connectivity index (χ1n) is 7.34. The van der Waals surface area contributed by atoms with Crippen molar-refractivity contribution < 1.29 is 20.1 Å². The molecule has 0 aromatic rings. The van der Waals surface area contributed by atoms with E-state index in [1.54, 1.807) is 13.8 Å². The van der Waals surface area contributed by atoms with Gasteiger partial charge in [-0.2, -0.15) is 0 Å². The van der Waals surface area contributed by atoms with Gasteiger partial charge in [0.15, 0.2) is 0 Å². The normalized spacial score (nSPS) is 17.8. The van der Waals surface area contributed by atoms with Gasteiger partial charge in [0.05, 0.1) is 12.2 Å². The van der Waals surface area contributed by atoms with Crippen LogP contribution in [-0.2, 0) is 4.79 Å². The Morgan fingerprint density at radius 1 is 1.10 bits per heavy atom. The molecule has 0 heterocycles. The van der Waals surface area contributed by atoms with Gasteiger partial charge < -0.3 is 15.3 Å². The maximum Gasteiger partial charge on any atom is 0.328 e. The van der Waals surface area contributed by atoms with Gasteiger partial charge in [0.2, 0.25) is 0 Å². The molecule has 0 fully saturated rings. The Labute approximate surface area is 127 Å². The van der Waals surface area contributed by atoms with Crippen molar-refractivity contribution in [1.82, 2.24) is 0 Å². The van der Waals surface area contributed by atoms with Crippen LogP contribution >= 0.6 is 0 Å². The highest BCUT2D eigenvalue weighted by Crippen LogP contribution is 2.14. The van der Waals surface area contributed by atoms with Gasteiger partial charge in [0, 0.05) is 6.08 Å². The van der Waals surface area contributed by atoms with Crippen LogP contribution in [0.2, 0.25) is 0 Å². The summed E-state index contributed by atoms with van der Waals surface area (Å²) in [5, 5.41) is 27.9. The van der Waals surface area contributed by atoms with Crippen molar-refractivity contribution in [1.29, 1.82) is 0 Å². The lowest BCUT2D eigenvalue weighted by Crippen LogP contribution is -2.12. The minimum absolute atomic E-state index is 0.245.